The second-order valence-corrected chi connectivity index (χ2v) is 8.52. The average Bonchev–Trinajstić information content (AvgIpc) is 3.37. The van der Waals surface area contributed by atoms with Crippen LogP contribution in [0.15, 0.2) is 22.7 Å². The Bertz CT molecular complexity index is 855. The van der Waals surface area contributed by atoms with Crippen molar-refractivity contribution in [3.05, 3.63) is 41.0 Å². The lowest BCUT2D eigenvalue weighted by molar-refractivity contribution is -0.121. The molecule has 2 heterocycles. The summed E-state index contributed by atoms with van der Waals surface area (Å²) >= 11 is 0. The minimum Gasteiger partial charge on any atom is -0.338 e. The quantitative estimate of drug-likeness (QED) is 0.808. The smallest absolute Gasteiger partial charge is 0.241 e. The molecule has 29 heavy (non-hydrogen) atoms. The lowest BCUT2D eigenvalue weighted by Gasteiger charge is -2.36. The Morgan fingerprint density at radius 3 is 2.62 bits per heavy atom. The molecule has 0 bridgehead atoms. The van der Waals surface area contributed by atoms with Gasteiger partial charge in [0.2, 0.25) is 11.8 Å². The molecule has 1 fully saturated rings. The summed E-state index contributed by atoms with van der Waals surface area (Å²) in [4.78, 5) is 21.8. The molecule has 0 spiro atoms. The molecule has 7 nitrogen and oxygen atoms in total. The van der Waals surface area contributed by atoms with Crippen LogP contribution < -0.4 is 5.32 Å². The summed E-state index contributed by atoms with van der Waals surface area (Å²) < 4.78 is 5.36. The maximum atomic E-state index is 12.8. The van der Waals surface area contributed by atoms with Crippen LogP contribution in [0.1, 0.15) is 56.0 Å². The summed E-state index contributed by atoms with van der Waals surface area (Å²) in [5.74, 6) is 1.77. The molecule has 2 aliphatic rings. The van der Waals surface area contributed by atoms with E-state index in [0.29, 0.717) is 12.4 Å². The fourth-order valence-electron chi connectivity index (χ4n) is 4.13. The molecule has 1 aromatic carbocycles. The lowest BCUT2D eigenvalue weighted by Crippen LogP contribution is -2.52. The molecule has 1 unspecified atom stereocenters. The van der Waals surface area contributed by atoms with Gasteiger partial charge >= 0.3 is 0 Å². The van der Waals surface area contributed by atoms with E-state index in [0.717, 1.165) is 50.5 Å². The fourth-order valence-corrected chi connectivity index (χ4v) is 4.13. The predicted octanol–water partition coefficient (Wildman–Crippen LogP) is 2.83. The number of aryl methyl sites for hydroxylation is 2. The van der Waals surface area contributed by atoms with E-state index in [1.54, 1.807) is 0 Å². The van der Waals surface area contributed by atoms with Crippen LogP contribution in [0, 0.1) is 0 Å². The first-order valence-electron chi connectivity index (χ1n) is 10.7. The Labute approximate surface area is 172 Å². The van der Waals surface area contributed by atoms with Gasteiger partial charge in [-0.3, -0.25) is 14.6 Å². The van der Waals surface area contributed by atoms with Crippen molar-refractivity contribution in [3.63, 3.8) is 0 Å². The summed E-state index contributed by atoms with van der Waals surface area (Å²) in [6, 6.07) is 6.17. The molecule has 4 rings (SSSR count). The second kappa shape index (κ2) is 8.63. The van der Waals surface area contributed by atoms with Crippen molar-refractivity contribution in [1.29, 1.82) is 0 Å². The minimum absolute atomic E-state index is 0.0647. The van der Waals surface area contributed by atoms with Crippen LogP contribution in [-0.2, 0) is 24.2 Å². The van der Waals surface area contributed by atoms with Gasteiger partial charge in [-0.25, -0.2) is 0 Å². The highest BCUT2D eigenvalue weighted by Gasteiger charge is 2.26. The monoisotopic (exact) mass is 397 g/mol. The molecule has 1 saturated heterocycles. The third-order valence-electron chi connectivity index (χ3n) is 6.06. The van der Waals surface area contributed by atoms with E-state index in [2.05, 4.69) is 51.2 Å². The van der Waals surface area contributed by atoms with E-state index in [1.807, 2.05) is 13.0 Å². The maximum absolute atomic E-state index is 12.8. The van der Waals surface area contributed by atoms with Crippen molar-refractivity contribution in [1.82, 2.24) is 19.9 Å². The van der Waals surface area contributed by atoms with E-state index >= 15 is 0 Å². The number of carbonyl (C=O) groups excluding carboxylic acids is 1. The first-order valence-corrected chi connectivity index (χ1v) is 10.7. The summed E-state index contributed by atoms with van der Waals surface area (Å²) in [7, 11) is 0. The van der Waals surface area contributed by atoms with Gasteiger partial charge in [0.25, 0.3) is 0 Å². The molecule has 1 aromatic heterocycles. The number of aromatic nitrogens is 2. The molecule has 1 aliphatic carbocycles. The molecule has 0 radical (unpaired) electrons. The Morgan fingerprint density at radius 2 is 1.90 bits per heavy atom. The van der Waals surface area contributed by atoms with E-state index in [4.69, 9.17) is 4.52 Å². The first-order chi connectivity index (χ1) is 14.0. The highest BCUT2D eigenvalue weighted by molar-refractivity contribution is 5.94. The molecule has 1 atom stereocenters. The van der Waals surface area contributed by atoms with Crippen LogP contribution in [0.25, 0.3) is 0 Å². The number of hydrogen-bond acceptors (Lipinski definition) is 6. The Morgan fingerprint density at radius 1 is 1.14 bits per heavy atom. The highest BCUT2D eigenvalue weighted by atomic mass is 16.5. The first kappa shape index (κ1) is 20.0. The highest BCUT2D eigenvalue weighted by Crippen LogP contribution is 2.25. The van der Waals surface area contributed by atoms with Crippen LogP contribution in [0.2, 0.25) is 0 Å². The number of benzene rings is 1. The van der Waals surface area contributed by atoms with E-state index in [1.165, 1.54) is 17.5 Å². The fraction of sp³-hybridized carbons (Fsp3) is 0.591. The molecule has 156 valence electrons. The molecule has 1 N–H and O–H groups in total. The third kappa shape index (κ3) is 4.67. The normalized spacial score (nSPS) is 18.8. The molecule has 0 saturated carbocycles. The molecule has 2 aromatic rings. The van der Waals surface area contributed by atoms with Crippen molar-refractivity contribution in [2.45, 2.75) is 58.5 Å². The Hall–Kier alpha value is -2.25. The molecular weight excluding hydrogens is 366 g/mol. The number of rotatable bonds is 6. The number of amides is 1. The van der Waals surface area contributed by atoms with Crippen LogP contribution >= 0.6 is 0 Å². The Kier molecular flexibility index (Phi) is 5.96. The zero-order chi connectivity index (χ0) is 20.4. The van der Waals surface area contributed by atoms with E-state index in [-0.39, 0.29) is 17.9 Å². The second-order valence-electron chi connectivity index (χ2n) is 8.52. The van der Waals surface area contributed by atoms with Gasteiger partial charge in [-0.1, -0.05) is 25.1 Å². The third-order valence-corrected chi connectivity index (χ3v) is 6.06. The number of hydrogen-bond donors (Lipinski definition) is 1. The zero-order valence-electron chi connectivity index (χ0n) is 17.6. The lowest BCUT2D eigenvalue weighted by atomic mass is 10.1. The van der Waals surface area contributed by atoms with E-state index < -0.39 is 0 Å². The van der Waals surface area contributed by atoms with E-state index in [9.17, 15) is 4.79 Å². The number of anilines is 1. The largest absolute Gasteiger partial charge is 0.338 e. The predicted molar refractivity (Wildman–Crippen MR) is 112 cm³/mol. The van der Waals surface area contributed by atoms with Crippen LogP contribution in [-0.4, -0.2) is 58.1 Å². The van der Waals surface area contributed by atoms with Crippen molar-refractivity contribution in [2.75, 3.05) is 31.5 Å². The van der Waals surface area contributed by atoms with Gasteiger partial charge < -0.3 is 9.84 Å². The van der Waals surface area contributed by atoms with Gasteiger partial charge in [-0.05, 0) is 49.4 Å². The Balaban J connectivity index is 1.27. The number of piperazine rings is 1. The zero-order valence-corrected chi connectivity index (χ0v) is 17.6. The van der Waals surface area contributed by atoms with Crippen molar-refractivity contribution >= 4 is 11.6 Å². The molecule has 1 amide bonds. The van der Waals surface area contributed by atoms with Gasteiger partial charge in [0.15, 0.2) is 5.82 Å². The molecule has 1 aliphatic heterocycles. The van der Waals surface area contributed by atoms with Crippen LogP contribution in [0.3, 0.4) is 0 Å². The average molecular weight is 398 g/mol. The number of fused-ring (bicyclic) bond motifs is 1. The number of carbonyl (C=O) groups is 1. The SMILES string of the molecule is CC(C)c1noc(CN2CCN(C(C)C(=O)Nc3ccc4c(c3)CCC4)CC2)n1. The van der Waals surface area contributed by atoms with Gasteiger partial charge in [-0.15, -0.1) is 0 Å². The van der Waals surface area contributed by atoms with Crippen LogP contribution in [0.4, 0.5) is 5.69 Å². The van der Waals surface area contributed by atoms with Gasteiger partial charge in [0, 0.05) is 37.8 Å². The number of nitrogens with zero attached hydrogens (tertiary/aromatic N) is 4. The molecular formula is C22H31N5O2. The van der Waals surface area contributed by atoms with Crippen LogP contribution in [0.5, 0.6) is 0 Å². The summed E-state index contributed by atoms with van der Waals surface area (Å²) in [5.41, 5.74) is 3.72. The standard InChI is InChI=1S/C22H31N5O2/c1-15(2)21-24-20(29-25-21)14-26-9-11-27(12-10-26)16(3)22(28)23-19-8-7-17-5-4-6-18(17)13-19/h7-8,13,15-16H,4-6,9-12,14H2,1-3H3,(H,23,28). The van der Waals surface area contributed by atoms with Crippen molar-refractivity contribution in [3.8, 4) is 0 Å². The maximum Gasteiger partial charge on any atom is 0.241 e. The summed E-state index contributed by atoms with van der Waals surface area (Å²) in [6.07, 6.45) is 3.50. The number of nitrogens with one attached hydrogen (secondary N) is 1. The minimum atomic E-state index is -0.152. The van der Waals surface area contributed by atoms with Gasteiger partial charge in [-0.2, -0.15) is 4.98 Å². The summed E-state index contributed by atoms with van der Waals surface area (Å²) in [5, 5.41) is 7.14. The topological polar surface area (TPSA) is 74.5 Å². The van der Waals surface area contributed by atoms with Crippen molar-refractivity contribution < 1.29 is 9.32 Å². The van der Waals surface area contributed by atoms with Crippen molar-refractivity contribution in [2.24, 2.45) is 0 Å². The molecule has 7 heteroatoms. The van der Waals surface area contributed by atoms with Gasteiger partial charge in [0.05, 0.1) is 12.6 Å². The van der Waals surface area contributed by atoms with Gasteiger partial charge in [0.1, 0.15) is 0 Å². The summed E-state index contributed by atoms with van der Waals surface area (Å²) in [6.45, 7) is 10.2.